The van der Waals surface area contributed by atoms with E-state index in [1.54, 1.807) is 6.20 Å². The average molecular weight is 407 g/mol. The Morgan fingerprint density at radius 1 is 1.24 bits per heavy atom. The molecule has 0 spiro atoms. The SMILES string of the molecule is CCc1ccc(OCn2cc(NC(=O)Cn3nc(C(F)(F)F)cc3C)cn2)cc1. The molecule has 0 aliphatic rings. The Morgan fingerprint density at radius 3 is 2.59 bits per heavy atom. The van der Waals surface area contributed by atoms with Crippen molar-refractivity contribution in [2.45, 2.75) is 39.7 Å². The van der Waals surface area contributed by atoms with E-state index in [9.17, 15) is 18.0 Å². The Balaban J connectivity index is 1.54. The third-order valence-corrected chi connectivity index (χ3v) is 4.18. The lowest BCUT2D eigenvalue weighted by Crippen LogP contribution is -2.20. The van der Waals surface area contributed by atoms with Gasteiger partial charge in [-0.15, -0.1) is 0 Å². The minimum atomic E-state index is -4.55. The monoisotopic (exact) mass is 407 g/mol. The molecule has 0 aliphatic carbocycles. The molecular formula is C19H20F3N5O2. The fourth-order valence-electron chi connectivity index (χ4n) is 2.61. The first-order chi connectivity index (χ1) is 13.7. The van der Waals surface area contributed by atoms with Crippen LogP contribution in [0.4, 0.5) is 18.9 Å². The van der Waals surface area contributed by atoms with Crippen molar-refractivity contribution in [3.8, 4) is 5.75 Å². The number of aryl methyl sites for hydroxylation is 2. The number of aromatic nitrogens is 4. The van der Waals surface area contributed by atoms with Crippen molar-refractivity contribution in [3.05, 3.63) is 59.7 Å². The van der Waals surface area contributed by atoms with Gasteiger partial charge in [-0.2, -0.15) is 23.4 Å². The molecule has 0 aliphatic heterocycles. The maximum atomic E-state index is 12.7. The molecule has 0 saturated heterocycles. The van der Waals surface area contributed by atoms with Gasteiger partial charge in [0.25, 0.3) is 0 Å². The van der Waals surface area contributed by atoms with Crippen LogP contribution in [0.1, 0.15) is 23.9 Å². The number of carbonyl (C=O) groups excluding carboxylic acids is 1. The molecule has 0 bridgehead atoms. The second-order valence-corrected chi connectivity index (χ2v) is 6.41. The molecule has 154 valence electrons. The first kappa shape index (κ1) is 20.4. The summed E-state index contributed by atoms with van der Waals surface area (Å²) in [6.45, 7) is 3.33. The molecule has 10 heteroatoms. The van der Waals surface area contributed by atoms with Crippen LogP contribution in [0, 0.1) is 6.92 Å². The normalized spacial score (nSPS) is 11.5. The van der Waals surface area contributed by atoms with Gasteiger partial charge >= 0.3 is 6.18 Å². The van der Waals surface area contributed by atoms with Gasteiger partial charge in [-0.3, -0.25) is 9.48 Å². The zero-order valence-corrected chi connectivity index (χ0v) is 15.9. The van der Waals surface area contributed by atoms with Crippen LogP contribution < -0.4 is 10.1 Å². The summed E-state index contributed by atoms with van der Waals surface area (Å²) in [5, 5.41) is 10.1. The van der Waals surface area contributed by atoms with Crippen molar-refractivity contribution >= 4 is 11.6 Å². The fraction of sp³-hybridized carbons (Fsp3) is 0.316. The van der Waals surface area contributed by atoms with Gasteiger partial charge in [0.1, 0.15) is 12.3 Å². The molecule has 1 N–H and O–H groups in total. The van der Waals surface area contributed by atoms with Crippen LogP contribution in [-0.4, -0.2) is 25.5 Å². The van der Waals surface area contributed by atoms with E-state index in [0.29, 0.717) is 11.4 Å². The molecule has 0 saturated carbocycles. The number of nitrogens with zero attached hydrogens (tertiary/aromatic N) is 4. The zero-order chi connectivity index (χ0) is 21.0. The third-order valence-electron chi connectivity index (χ3n) is 4.18. The van der Waals surface area contributed by atoms with Crippen molar-refractivity contribution in [3.63, 3.8) is 0 Å². The summed E-state index contributed by atoms with van der Waals surface area (Å²) in [5.41, 5.74) is 0.822. The zero-order valence-electron chi connectivity index (χ0n) is 15.9. The predicted octanol–water partition coefficient (Wildman–Crippen LogP) is 3.64. The molecule has 2 heterocycles. The minimum absolute atomic E-state index is 0.147. The molecule has 7 nitrogen and oxygen atoms in total. The smallest absolute Gasteiger partial charge is 0.435 e. The average Bonchev–Trinajstić information content (AvgIpc) is 3.27. The van der Waals surface area contributed by atoms with Crippen LogP contribution in [0.3, 0.4) is 0 Å². The van der Waals surface area contributed by atoms with Crippen molar-refractivity contribution in [2.75, 3.05) is 5.32 Å². The highest BCUT2D eigenvalue weighted by Crippen LogP contribution is 2.28. The number of benzene rings is 1. The highest BCUT2D eigenvalue weighted by Gasteiger charge is 2.34. The number of nitrogens with one attached hydrogen (secondary N) is 1. The summed E-state index contributed by atoms with van der Waals surface area (Å²) in [4.78, 5) is 12.1. The molecule has 0 atom stereocenters. The number of hydrogen-bond acceptors (Lipinski definition) is 4. The summed E-state index contributed by atoms with van der Waals surface area (Å²) in [6.07, 6.45) is -0.615. The second-order valence-electron chi connectivity index (χ2n) is 6.41. The number of alkyl halides is 3. The standard InChI is InChI=1S/C19H20F3N5O2/c1-3-14-4-6-16(7-5-14)29-12-26-10-15(9-23-26)24-18(28)11-27-13(2)8-17(25-27)19(20,21)22/h4-10H,3,11-12H2,1-2H3,(H,24,28). The number of ether oxygens (including phenoxy) is 1. The van der Waals surface area contributed by atoms with Gasteiger partial charge in [-0.25, -0.2) is 4.68 Å². The Hall–Kier alpha value is -3.30. The number of rotatable bonds is 7. The van der Waals surface area contributed by atoms with E-state index in [1.807, 2.05) is 24.3 Å². The molecule has 0 radical (unpaired) electrons. The molecule has 0 unspecified atom stereocenters. The van der Waals surface area contributed by atoms with Crippen molar-refractivity contribution in [2.24, 2.45) is 0 Å². The lowest BCUT2D eigenvalue weighted by molar-refractivity contribution is -0.141. The van der Waals surface area contributed by atoms with E-state index in [4.69, 9.17) is 4.74 Å². The van der Waals surface area contributed by atoms with E-state index < -0.39 is 17.8 Å². The van der Waals surface area contributed by atoms with Crippen molar-refractivity contribution < 1.29 is 22.7 Å². The molecule has 29 heavy (non-hydrogen) atoms. The fourth-order valence-corrected chi connectivity index (χ4v) is 2.61. The second kappa shape index (κ2) is 8.38. The summed E-state index contributed by atoms with van der Waals surface area (Å²) in [7, 11) is 0. The van der Waals surface area contributed by atoms with Crippen LogP contribution in [0.15, 0.2) is 42.7 Å². The summed E-state index contributed by atoms with van der Waals surface area (Å²) < 4.78 is 46.2. The molecule has 0 fully saturated rings. The number of hydrogen-bond donors (Lipinski definition) is 1. The summed E-state index contributed by atoms with van der Waals surface area (Å²) in [6, 6.07) is 8.59. The minimum Gasteiger partial charge on any atom is -0.471 e. The highest BCUT2D eigenvalue weighted by molar-refractivity contribution is 5.90. The molecular weight excluding hydrogens is 387 g/mol. The Morgan fingerprint density at radius 2 is 1.97 bits per heavy atom. The number of anilines is 1. The van der Waals surface area contributed by atoms with Crippen molar-refractivity contribution in [1.82, 2.24) is 19.6 Å². The van der Waals surface area contributed by atoms with Gasteiger partial charge in [0.15, 0.2) is 12.4 Å². The van der Waals surface area contributed by atoms with Gasteiger partial charge in [0.2, 0.25) is 5.91 Å². The Bertz CT molecular complexity index is 977. The lowest BCUT2D eigenvalue weighted by atomic mass is 10.2. The van der Waals surface area contributed by atoms with E-state index in [0.717, 1.165) is 17.2 Å². The maximum absolute atomic E-state index is 12.7. The van der Waals surface area contributed by atoms with Crippen LogP contribution in [0.25, 0.3) is 0 Å². The molecule has 1 amide bonds. The van der Waals surface area contributed by atoms with E-state index >= 15 is 0 Å². The van der Waals surface area contributed by atoms with Gasteiger partial charge < -0.3 is 10.1 Å². The summed E-state index contributed by atoms with van der Waals surface area (Å²) in [5.74, 6) is 0.179. The van der Waals surface area contributed by atoms with Crippen LogP contribution in [-0.2, 0) is 30.7 Å². The van der Waals surface area contributed by atoms with Crippen LogP contribution in [0.5, 0.6) is 5.75 Å². The summed E-state index contributed by atoms with van der Waals surface area (Å²) >= 11 is 0. The number of halogens is 3. The molecule has 3 aromatic rings. The van der Waals surface area contributed by atoms with E-state index in [-0.39, 0.29) is 19.0 Å². The first-order valence-electron chi connectivity index (χ1n) is 8.90. The molecule has 2 aromatic heterocycles. The first-order valence-corrected chi connectivity index (χ1v) is 8.90. The van der Waals surface area contributed by atoms with Gasteiger partial charge in [-0.05, 0) is 37.1 Å². The van der Waals surface area contributed by atoms with Crippen molar-refractivity contribution in [1.29, 1.82) is 0 Å². The Labute approximate surface area is 165 Å². The molecule has 3 rings (SSSR count). The molecule has 1 aromatic carbocycles. The maximum Gasteiger partial charge on any atom is 0.435 e. The van der Waals surface area contributed by atoms with Gasteiger partial charge in [-0.1, -0.05) is 19.1 Å². The number of amides is 1. The number of carbonyl (C=O) groups is 1. The predicted molar refractivity (Wildman–Crippen MR) is 99.3 cm³/mol. The van der Waals surface area contributed by atoms with E-state index in [1.165, 1.54) is 23.4 Å². The quantitative estimate of drug-likeness (QED) is 0.649. The third kappa shape index (κ3) is 5.37. The largest absolute Gasteiger partial charge is 0.471 e. The lowest BCUT2D eigenvalue weighted by Gasteiger charge is -2.07. The van der Waals surface area contributed by atoms with Gasteiger partial charge in [0, 0.05) is 5.69 Å². The van der Waals surface area contributed by atoms with Crippen LogP contribution in [0.2, 0.25) is 0 Å². The van der Waals surface area contributed by atoms with Gasteiger partial charge in [0.05, 0.1) is 18.1 Å². The topological polar surface area (TPSA) is 74.0 Å². The highest BCUT2D eigenvalue weighted by atomic mass is 19.4. The van der Waals surface area contributed by atoms with E-state index in [2.05, 4.69) is 22.4 Å². The Kier molecular flexibility index (Phi) is 5.90. The van der Waals surface area contributed by atoms with Crippen LogP contribution >= 0.6 is 0 Å².